The third-order valence-corrected chi connectivity index (χ3v) is 2.96. The van der Waals surface area contributed by atoms with Gasteiger partial charge < -0.3 is 14.3 Å². The van der Waals surface area contributed by atoms with Crippen molar-refractivity contribution in [2.75, 3.05) is 0 Å². The van der Waals surface area contributed by atoms with Crippen molar-refractivity contribution in [3.63, 3.8) is 0 Å². The van der Waals surface area contributed by atoms with Crippen LogP contribution in [0.25, 0.3) is 11.0 Å². The minimum Gasteiger partial charge on any atom is -0.478 e. The van der Waals surface area contributed by atoms with Crippen LogP contribution in [0.5, 0.6) is 5.95 Å². The Morgan fingerprint density at radius 1 is 0.952 bits per heavy atom. The van der Waals surface area contributed by atoms with E-state index in [0.29, 0.717) is 5.58 Å². The number of hydrogen-bond donors (Lipinski definition) is 1. The Kier molecular flexibility index (Phi) is 3.16. The molecular formula is C16H10O5. The molecule has 1 N–H and O–H groups in total. The van der Waals surface area contributed by atoms with Crippen LogP contribution in [0, 0.1) is 0 Å². The van der Waals surface area contributed by atoms with Gasteiger partial charge in [0.25, 0.3) is 5.95 Å². The van der Waals surface area contributed by atoms with Crippen LogP contribution in [0.3, 0.4) is 0 Å². The van der Waals surface area contributed by atoms with E-state index in [0.717, 1.165) is 5.39 Å². The second-order valence-corrected chi connectivity index (χ2v) is 4.38. The number of carbonyl (C=O) groups excluding carboxylic acids is 1. The maximum absolute atomic E-state index is 11.9. The van der Waals surface area contributed by atoms with Crippen LogP contribution in [-0.2, 0) is 0 Å². The second kappa shape index (κ2) is 5.13. The lowest BCUT2D eigenvalue weighted by Crippen LogP contribution is -2.08. The molecule has 0 radical (unpaired) electrons. The fourth-order valence-electron chi connectivity index (χ4n) is 1.91. The Bertz CT molecular complexity index is 781. The van der Waals surface area contributed by atoms with Crippen LogP contribution in [0.1, 0.15) is 20.7 Å². The summed E-state index contributed by atoms with van der Waals surface area (Å²) < 4.78 is 10.5. The van der Waals surface area contributed by atoms with Gasteiger partial charge in [0.1, 0.15) is 5.58 Å². The Morgan fingerprint density at radius 2 is 1.62 bits per heavy atom. The summed E-state index contributed by atoms with van der Waals surface area (Å²) in [7, 11) is 0. The number of rotatable bonds is 3. The Morgan fingerprint density at radius 3 is 2.29 bits per heavy atom. The molecule has 3 aromatic rings. The molecule has 1 aromatic heterocycles. The monoisotopic (exact) mass is 282 g/mol. The molecule has 21 heavy (non-hydrogen) atoms. The standard InChI is InChI=1S/C16H10O5/c17-15(18)10-5-7-11(8-6-10)16(19)21-14-9-12-3-1-2-4-13(12)20-14/h1-9H,(H,17,18). The molecule has 0 saturated carbocycles. The van der Waals surface area contributed by atoms with Gasteiger partial charge in [-0.25, -0.2) is 9.59 Å². The van der Waals surface area contributed by atoms with Crippen LogP contribution >= 0.6 is 0 Å². The smallest absolute Gasteiger partial charge is 0.345 e. The van der Waals surface area contributed by atoms with E-state index < -0.39 is 11.9 Å². The zero-order valence-corrected chi connectivity index (χ0v) is 10.8. The lowest BCUT2D eigenvalue weighted by atomic mass is 10.1. The highest BCUT2D eigenvalue weighted by atomic mass is 16.6. The molecule has 0 atom stereocenters. The number of fused-ring (bicyclic) bond motifs is 1. The highest BCUT2D eigenvalue weighted by Gasteiger charge is 2.13. The van der Waals surface area contributed by atoms with Crippen molar-refractivity contribution in [1.82, 2.24) is 0 Å². The van der Waals surface area contributed by atoms with E-state index >= 15 is 0 Å². The molecule has 3 rings (SSSR count). The van der Waals surface area contributed by atoms with Gasteiger partial charge in [-0.3, -0.25) is 0 Å². The maximum Gasteiger partial charge on any atom is 0.345 e. The number of benzene rings is 2. The average molecular weight is 282 g/mol. The van der Waals surface area contributed by atoms with E-state index in [9.17, 15) is 9.59 Å². The van der Waals surface area contributed by atoms with Gasteiger partial charge in [0.15, 0.2) is 0 Å². The van der Waals surface area contributed by atoms with Gasteiger partial charge >= 0.3 is 11.9 Å². The van der Waals surface area contributed by atoms with Gasteiger partial charge in [0.05, 0.1) is 11.1 Å². The molecule has 1 heterocycles. The SMILES string of the molecule is O=C(O)c1ccc(C(=O)Oc2cc3ccccc3o2)cc1. The van der Waals surface area contributed by atoms with Crippen molar-refractivity contribution in [2.45, 2.75) is 0 Å². The molecule has 0 spiro atoms. The van der Waals surface area contributed by atoms with Gasteiger partial charge in [-0.05, 0) is 30.3 Å². The first-order valence-electron chi connectivity index (χ1n) is 6.17. The number of para-hydroxylation sites is 1. The number of esters is 1. The third-order valence-electron chi connectivity index (χ3n) is 2.96. The molecule has 0 bridgehead atoms. The van der Waals surface area contributed by atoms with Crippen LogP contribution < -0.4 is 4.74 Å². The van der Waals surface area contributed by atoms with E-state index in [2.05, 4.69) is 0 Å². The van der Waals surface area contributed by atoms with Gasteiger partial charge in [-0.15, -0.1) is 0 Å². The maximum atomic E-state index is 11.9. The molecule has 2 aromatic carbocycles. The molecule has 0 saturated heterocycles. The average Bonchev–Trinajstić information content (AvgIpc) is 2.89. The first kappa shape index (κ1) is 12.9. The first-order chi connectivity index (χ1) is 10.1. The second-order valence-electron chi connectivity index (χ2n) is 4.38. The van der Waals surface area contributed by atoms with E-state index in [1.54, 1.807) is 12.1 Å². The van der Waals surface area contributed by atoms with Gasteiger partial charge in [0, 0.05) is 11.5 Å². The molecule has 0 aliphatic rings. The Labute approximate surface area is 119 Å². The van der Waals surface area contributed by atoms with E-state index in [-0.39, 0.29) is 17.1 Å². The number of furan rings is 1. The van der Waals surface area contributed by atoms with Crippen molar-refractivity contribution in [1.29, 1.82) is 0 Å². The van der Waals surface area contributed by atoms with Crippen LogP contribution in [-0.4, -0.2) is 17.0 Å². The quantitative estimate of drug-likeness (QED) is 0.745. The van der Waals surface area contributed by atoms with E-state index in [4.69, 9.17) is 14.3 Å². The third kappa shape index (κ3) is 2.62. The predicted octanol–water partition coefficient (Wildman–Crippen LogP) is 3.35. The fraction of sp³-hybridized carbons (Fsp3) is 0. The number of carboxylic acid groups (broad SMARTS) is 1. The van der Waals surface area contributed by atoms with Gasteiger partial charge in [0.2, 0.25) is 0 Å². The minimum absolute atomic E-state index is 0.100. The van der Waals surface area contributed by atoms with Crippen LogP contribution in [0.4, 0.5) is 0 Å². The lowest BCUT2D eigenvalue weighted by molar-refractivity contribution is 0.0681. The molecule has 0 fully saturated rings. The fourth-order valence-corrected chi connectivity index (χ4v) is 1.91. The Balaban J connectivity index is 1.80. The molecule has 5 heteroatoms. The summed E-state index contributed by atoms with van der Waals surface area (Å²) in [6.07, 6.45) is 0. The molecule has 5 nitrogen and oxygen atoms in total. The minimum atomic E-state index is -1.05. The molecule has 0 unspecified atom stereocenters. The molecule has 0 aliphatic heterocycles. The molecule has 0 amide bonds. The first-order valence-corrected chi connectivity index (χ1v) is 6.17. The molecule has 0 aliphatic carbocycles. The zero-order chi connectivity index (χ0) is 14.8. The van der Waals surface area contributed by atoms with Crippen molar-refractivity contribution in [3.8, 4) is 5.95 Å². The summed E-state index contributed by atoms with van der Waals surface area (Å²) in [5.41, 5.74) is 0.984. The summed E-state index contributed by atoms with van der Waals surface area (Å²) >= 11 is 0. The Hall–Kier alpha value is -3.08. The van der Waals surface area contributed by atoms with Crippen LogP contribution in [0.2, 0.25) is 0 Å². The number of ether oxygens (including phenoxy) is 1. The van der Waals surface area contributed by atoms with Crippen LogP contribution in [0.15, 0.2) is 59.0 Å². The molecule has 104 valence electrons. The zero-order valence-electron chi connectivity index (χ0n) is 10.8. The molecular weight excluding hydrogens is 272 g/mol. The lowest BCUT2D eigenvalue weighted by Gasteiger charge is -2.01. The van der Waals surface area contributed by atoms with Gasteiger partial charge in [-0.2, -0.15) is 0 Å². The number of hydrogen-bond acceptors (Lipinski definition) is 4. The highest BCUT2D eigenvalue weighted by molar-refractivity contribution is 5.93. The van der Waals surface area contributed by atoms with Crippen molar-refractivity contribution >= 4 is 22.9 Å². The summed E-state index contributed by atoms with van der Waals surface area (Å²) in [5, 5.41) is 9.63. The van der Waals surface area contributed by atoms with E-state index in [1.165, 1.54) is 24.3 Å². The number of carboxylic acids is 1. The summed E-state index contributed by atoms with van der Waals surface area (Å²) in [6.45, 7) is 0. The summed E-state index contributed by atoms with van der Waals surface area (Å²) in [5.74, 6) is -1.55. The van der Waals surface area contributed by atoms with Gasteiger partial charge in [-0.1, -0.05) is 18.2 Å². The predicted molar refractivity (Wildman–Crippen MR) is 74.6 cm³/mol. The summed E-state index contributed by atoms with van der Waals surface area (Å²) in [4.78, 5) is 22.7. The van der Waals surface area contributed by atoms with Crippen molar-refractivity contribution in [3.05, 3.63) is 65.7 Å². The topological polar surface area (TPSA) is 76.7 Å². The summed E-state index contributed by atoms with van der Waals surface area (Å²) in [6, 6.07) is 14.4. The van der Waals surface area contributed by atoms with Crippen molar-refractivity contribution in [2.24, 2.45) is 0 Å². The number of aromatic carboxylic acids is 1. The normalized spacial score (nSPS) is 10.5. The van der Waals surface area contributed by atoms with E-state index in [1.807, 2.05) is 18.2 Å². The highest BCUT2D eigenvalue weighted by Crippen LogP contribution is 2.25. The van der Waals surface area contributed by atoms with Crippen molar-refractivity contribution < 1.29 is 23.8 Å². The largest absolute Gasteiger partial charge is 0.478 e. The number of carbonyl (C=O) groups is 2.